The van der Waals surface area contributed by atoms with Crippen LogP contribution in [0.15, 0.2) is 18.5 Å². The first-order chi connectivity index (χ1) is 7.96. The molecule has 3 nitrogen and oxygen atoms in total. The maximum absolute atomic E-state index is 12.1. The Labute approximate surface area is 107 Å². The van der Waals surface area contributed by atoms with E-state index in [1.54, 1.807) is 0 Å². The number of hydrogen-bond donors (Lipinski definition) is 0. The molecule has 0 unspecified atom stereocenters. The maximum atomic E-state index is 12.1. The molecule has 1 aromatic rings. The van der Waals surface area contributed by atoms with Crippen LogP contribution in [-0.4, -0.2) is 45.4 Å². The first-order valence-electron chi connectivity index (χ1n) is 5.98. The molecule has 1 aliphatic rings. The molecule has 0 aromatic carbocycles. The molecule has 0 saturated carbocycles. The van der Waals surface area contributed by atoms with Crippen molar-refractivity contribution in [2.24, 2.45) is 7.05 Å². The Morgan fingerprint density at radius 1 is 1.53 bits per heavy atom. The van der Waals surface area contributed by atoms with Gasteiger partial charge in [0.1, 0.15) is 0 Å². The summed E-state index contributed by atoms with van der Waals surface area (Å²) in [5.41, 5.74) is 0.823. The summed E-state index contributed by atoms with van der Waals surface area (Å²) in [4.78, 5) is 14.3. The zero-order chi connectivity index (χ0) is 12.5. The molecule has 0 aliphatic carbocycles. The first-order valence-corrected chi connectivity index (χ1v) is 6.96. The molecule has 1 aliphatic heterocycles. The van der Waals surface area contributed by atoms with E-state index in [2.05, 4.69) is 18.7 Å². The van der Waals surface area contributed by atoms with Gasteiger partial charge in [0, 0.05) is 48.6 Å². The van der Waals surface area contributed by atoms with Gasteiger partial charge < -0.3 is 4.57 Å². The minimum Gasteiger partial charge on any atom is -0.357 e. The molecule has 1 saturated heterocycles. The third kappa shape index (κ3) is 3.36. The number of hydrogen-bond acceptors (Lipinski definition) is 3. The monoisotopic (exact) mass is 252 g/mol. The van der Waals surface area contributed by atoms with Crippen molar-refractivity contribution in [3.63, 3.8) is 0 Å². The lowest BCUT2D eigenvalue weighted by Crippen LogP contribution is -2.45. The van der Waals surface area contributed by atoms with Gasteiger partial charge in [-0.1, -0.05) is 0 Å². The Balaban J connectivity index is 1.95. The molecular weight excluding hydrogens is 232 g/mol. The quantitative estimate of drug-likeness (QED) is 0.770. The normalized spacial score (nSPS) is 20.4. The van der Waals surface area contributed by atoms with Crippen molar-refractivity contribution < 1.29 is 4.79 Å². The zero-order valence-electron chi connectivity index (χ0n) is 10.8. The van der Waals surface area contributed by atoms with E-state index in [4.69, 9.17) is 0 Å². The Morgan fingerprint density at radius 2 is 2.29 bits per heavy atom. The molecule has 1 fully saturated rings. The fourth-order valence-corrected chi connectivity index (χ4v) is 3.39. The molecule has 2 rings (SSSR count). The molecule has 0 radical (unpaired) electrons. The SMILES string of the molecule is Cn1ccc(C(=O)CN2CCSC(C)(C)C2)c1. The molecule has 17 heavy (non-hydrogen) atoms. The van der Waals surface area contributed by atoms with E-state index >= 15 is 0 Å². The van der Waals surface area contributed by atoms with Gasteiger partial charge in [0.2, 0.25) is 0 Å². The molecule has 0 amide bonds. The molecular formula is C13H20N2OS. The summed E-state index contributed by atoms with van der Waals surface area (Å²) >= 11 is 1.99. The van der Waals surface area contributed by atoms with E-state index in [9.17, 15) is 4.79 Å². The van der Waals surface area contributed by atoms with Crippen molar-refractivity contribution in [2.75, 3.05) is 25.4 Å². The second-order valence-electron chi connectivity index (χ2n) is 5.31. The highest BCUT2D eigenvalue weighted by Crippen LogP contribution is 2.29. The lowest BCUT2D eigenvalue weighted by atomic mass is 10.1. The summed E-state index contributed by atoms with van der Waals surface area (Å²) in [5.74, 6) is 1.35. The van der Waals surface area contributed by atoms with Gasteiger partial charge in [-0.15, -0.1) is 0 Å². The number of rotatable bonds is 3. The van der Waals surface area contributed by atoms with E-state index < -0.39 is 0 Å². The summed E-state index contributed by atoms with van der Waals surface area (Å²) in [6, 6.07) is 1.90. The molecule has 0 spiro atoms. The molecule has 1 aromatic heterocycles. The number of thioether (sulfide) groups is 1. The molecule has 0 atom stereocenters. The fourth-order valence-electron chi connectivity index (χ4n) is 2.21. The smallest absolute Gasteiger partial charge is 0.178 e. The van der Waals surface area contributed by atoms with Crippen LogP contribution in [0, 0.1) is 0 Å². The van der Waals surface area contributed by atoms with Crippen LogP contribution in [0.1, 0.15) is 24.2 Å². The molecule has 0 bridgehead atoms. The minimum atomic E-state index is 0.230. The van der Waals surface area contributed by atoms with Crippen LogP contribution in [0.5, 0.6) is 0 Å². The predicted molar refractivity (Wildman–Crippen MR) is 72.7 cm³/mol. The predicted octanol–water partition coefficient (Wildman–Crippen LogP) is 2.04. The highest BCUT2D eigenvalue weighted by atomic mass is 32.2. The number of aromatic nitrogens is 1. The lowest BCUT2D eigenvalue weighted by Gasteiger charge is -2.37. The standard InChI is InChI=1S/C13H20N2OS/c1-13(2)10-15(6-7-17-13)9-12(16)11-4-5-14(3)8-11/h4-5,8H,6-7,9-10H2,1-3H3. The average molecular weight is 252 g/mol. The third-order valence-corrected chi connectivity index (χ3v) is 4.32. The number of carbonyl (C=O) groups is 1. The second-order valence-corrected chi connectivity index (χ2v) is 7.11. The fraction of sp³-hybridized carbons (Fsp3) is 0.615. The summed E-state index contributed by atoms with van der Waals surface area (Å²) < 4.78 is 2.19. The molecule has 0 N–H and O–H groups in total. The minimum absolute atomic E-state index is 0.230. The van der Waals surface area contributed by atoms with Gasteiger partial charge in [-0.05, 0) is 19.9 Å². The van der Waals surface area contributed by atoms with E-state index in [1.807, 2.05) is 41.8 Å². The number of ketones is 1. The highest BCUT2D eigenvalue weighted by Gasteiger charge is 2.28. The first kappa shape index (κ1) is 12.7. The van der Waals surface area contributed by atoms with E-state index in [1.165, 1.54) is 0 Å². The van der Waals surface area contributed by atoms with Gasteiger partial charge in [-0.2, -0.15) is 11.8 Å². The second kappa shape index (κ2) is 4.86. The molecule has 2 heterocycles. The van der Waals surface area contributed by atoms with Crippen LogP contribution in [0.2, 0.25) is 0 Å². The van der Waals surface area contributed by atoms with Crippen LogP contribution in [-0.2, 0) is 7.05 Å². The summed E-state index contributed by atoms with van der Waals surface area (Å²) in [6.07, 6.45) is 3.81. The lowest BCUT2D eigenvalue weighted by molar-refractivity contribution is 0.0927. The van der Waals surface area contributed by atoms with Gasteiger partial charge in [0.15, 0.2) is 5.78 Å². The van der Waals surface area contributed by atoms with Gasteiger partial charge in [-0.25, -0.2) is 0 Å². The van der Waals surface area contributed by atoms with E-state index in [0.29, 0.717) is 6.54 Å². The Morgan fingerprint density at radius 3 is 2.88 bits per heavy atom. The number of nitrogens with zero attached hydrogens (tertiary/aromatic N) is 2. The summed E-state index contributed by atoms with van der Waals surface area (Å²) in [7, 11) is 1.94. The van der Waals surface area contributed by atoms with Gasteiger partial charge in [0.25, 0.3) is 0 Å². The van der Waals surface area contributed by atoms with Crippen LogP contribution in [0.25, 0.3) is 0 Å². The summed E-state index contributed by atoms with van der Waals surface area (Å²) in [6.45, 7) is 7.06. The van der Waals surface area contributed by atoms with Crippen molar-refractivity contribution >= 4 is 17.5 Å². The van der Waals surface area contributed by atoms with Crippen molar-refractivity contribution in [1.82, 2.24) is 9.47 Å². The van der Waals surface area contributed by atoms with Crippen LogP contribution < -0.4 is 0 Å². The van der Waals surface area contributed by atoms with Crippen molar-refractivity contribution in [2.45, 2.75) is 18.6 Å². The van der Waals surface area contributed by atoms with Gasteiger partial charge >= 0.3 is 0 Å². The van der Waals surface area contributed by atoms with Gasteiger partial charge in [-0.3, -0.25) is 9.69 Å². The molecule has 94 valence electrons. The van der Waals surface area contributed by atoms with Gasteiger partial charge in [0.05, 0.1) is 6.54 Å². The Hall–Kier alpha value is -0.740. The van der Waals surface area contributed by atoms with Crippen molar-refractivity contribution in [3.8, 4) is 0 Å². The average Bonchev–Trinajstić information content (AvgIpc) is 2.63. The topological polar surface area (TPSA) is 25.2 Å². The van der Waals surface area contributed by atoms with Crippen LogP contribution in [0.4, 0.5) is 0 Å². The Bertz CT molecular complexity index is 411. The summed E-state index contributed by atoms with van der Waals surface area (Å²) in [5, 5.41) is 0. The number of aryl methyl sites for hydroxylation is 1. The largest absolute Gasteiger partial charge is 0.357 e. The number of Topliss-reactive ketones (excluding diaryl/α,β-unsaturated/α-hetero) is 1. The van der Waals surface area contributed by atoms with Crippen molar-refractivity contribution in [1.29, 1.82) is 0 Å². The maximum Gasteiger partial charge on any atom is 0.178 e. The zero-order valence-corrected chi connectivity index (χ0v) is 11.6. The van der Waals surface area contributed by atoms with Crippen LogP contribution >= 0.6 is 11.8 Å². The number of carbonyl (C=O) groups excluding carboxylic acids is 1. The van der Waals surface area contributed by atoms with Crippen molar-refractivity contribution in [3.05, 3.63) is 24.0 Å². The Kier molecular flexibility index (Phi) is 3.64. The molecule has 4 heteroatoms. The highest BCUT2D eigenvalue weighted by molar-refractivity contribution is 8.00. The van der Waals surface area contributed by atoms with Crippen LogP contribution in [0.3, 0.4) is 0 Å². The van der Waals surface area contributed by atoms with E-state index in [-0.39, 0.29) is 10.5 Å². The third-order valence-electron chi connectivity index (χ3n) is 3.03. The van der Waals surface area contributed by atoms with E-state index in [0.717, 1.165) is 24.4 Å².